The first-order valence-electron chi connectivity index (χ1n) is 5.89. The lowest BCUT2D eigenvalue weighted by molar-refractivity contribution is -0.114. The fourth-order valence-corrected chi connectivity index (χ4v) is 2.24. The van der Waals surface area contributed by atoms with E-state index in [2.05, 4.69) is 10.6 Å². The van der Waals surface area contributed by atoms with Gasteiger partial charge in [0.05, 0.1) is 7.11 Å². The molecule has 4 heteroatoms. The van der Waals surface area contributed by atoms with Gasteiger partial charge in [-0.15, -0.1) is 0 Å². The molecule has 0 radical (unpaired) electrons. The largest absolute Gasteiger partial charge is 0.496 e. The molecule has 4 nitrogen and oxygen atoms in total. The first-order chi connectivity index (χ1) is 8.20. The number of carbonyl (C=O) groups excluding carboxylic acids is 1. The summed E-state index contributed by atoms with van der Waals surface area (Å²) in [4.78, 5) is 11.0. The molecule has 92 valence electrons. The van der Waals surface area contributed by atoms with Crippen molar-refractivity contribution < 1.29 is 9.53 Å². The molecule has 0 bridgehead atoms. The highest BCUT2D eigenvalue weighted by Crippen LogP contribution is 2.32. The van der Waals surface area contributed by atoms with Crippen molar-refractivity contribution in [3.05, 3.63) is 23.8 Å². The molecular weight excluding hydrogens is 216 g/mol. The molecule has 0 aromatic heterocycles. The second kappa shape index (κ2) is 5.19. The summed E-state index contributed by atoms with van der Waals surface area (Å²) in [5.41, 5.74) is 1.94. The molecule has 1 aliphatic heterocycles. The Morgan fingerprint density at radius 2 is 2.35 bits per heavy atom. The number of nitrogens with one attached hydrogen (secondary N) is 2. The molecule has 1 unspecified atom stereocenters. The third-order valence-corrected chi connectivity index (χ3v) is 2.99. The maximum Gasteiger partial charge on any atom is 0.221 e. The number of hydrogen-bond donors (Lipinski definition) is 2. The van der Waals surface area contributed by atoms with Crippen LogP contribution in [0, 0.1) is 0 Å². The van der Waals surface area contributed by atoms with Crippen molar-refractivity contribution in [2.75, 3.05) is 19.0 Å². The molecule has 1 amide bonds. The zero-order valence-electron chi connectivity index (χ0n) is 10.2. The number of carbonyl (C=O) groups is 1. The highest BCUT2D eigenvalue weighted by Gasteiger charge is 2.20. The SMILES string of the molecule is COc1ccc(NC(C)=O)cc1C1CCCN1. The molecular formula is C13H18N2O2. The molecule has 1 aliphatic rings. The summed E-state index contributed by atoms with van der Waals surface area (Å²) in [5.74, 6) is 0.819. The molecule has 0 spiro atoms. The Kier molecular flexibility index (Phi) is 3.64. The van der Waals surface area contributed by atoms with Gasteiger partial charge in [0.1, 0.15) is 5.75 Å². The number of anilines is 1. The van der Waals surface area contributed by atoms with Crippen molar-refractivity contribution in [1.29, 1.82) is 0 Å². The molecule has 0 saturated carbocycles. The zero-order chi connectivity index (χ0) is 12.3. The van der Waals surface area contributed by atoms with Crippen molar-refractivity contribution in [2.45, 2.75) is 25.8 Å². The summed E-state index contributed by atoms with van der Waals surface area (Å²) in [7, 11) is 1.67. The Balaban J connectivity index is 2.28. The van der Waals surface area contributed by atoms with E-state index in [9.17, 15) is 4.79 Å². The lowest BCUT2D eigenvalue weighted by Crippen LogP contribution is -2.14. The van der Waals surface area contributed by atoms with Crippen molar-refractivity contribution in [3.63, 3.8) is 0 Å². The lowest BCUT2D eigenvalue weighted by atomic mass is 10.0. The number of hydrogen-bond acceptors (Lipinski definition) is 3. The van der Waals surface area contributed by atoms with Crippen LogP contribution in [0.1, 0.15) is 31.4 Å². The standard InChI is InChI=1S/C13H18N2O2/c1-9(16)15-10-5-6-13(17-2)11(8-10)12-4-3-7-14-12/h5-6,8,12,14H,3-4,7H2,1-2H3,(H,15,16). The van der Waals surface area contributed by atoms with E-state index in [-0.39, 0.29) is 5.91 Å². The number of methoxy groups -OCH3 is 1. The zero-order valence-corrected chi connectivity index (χ0v) is 10.2. The van der Waals surface area contributed by atoms with Gasteiger partial charge in [0.2, 0.25) is 5.91 Å². The molecule has 1 aromatic carbocycles. The minimum atomic E-state index is -0.0551. The van der Waals surface area contributed by atoms with Crippen LogP contribution in [0.15, 0.2) is 18.2 Å². The van der Waals surface area contributed by atoms with Gasteiger partial charge in [0, 0.05) is 24.2 Å². The summed E-state index contributed by atoms with van der Waals surface area (Å²) in [5, 5.41) is 6.23. The van der Waals surface area contributed by atoms with Gasteiger partial charge < -0.3 is 15.4 Å². The Labute approximate surface area is 101 Å². The van der Waals surface area contributed by atoms with Crippen LogP contribution < -0.4 is 15.4 Å². The smallest absolute Gasteiger partial charge is 0.221 e. The third-order valence-electron chi connectivity index (χ3n) is 2.99. The maximum absolute atomic E-state index is 11.0. The van der Waals surface area contributed by atoms with Crippen LogP contribution in [0.3, 0.4) is 0 Å². The molecule has 2 rings (SSSR count). The van der Waals surface area contributed by atoms with Gasteiger partial charge in [-0.2, -0.15) is 0 Å². The Hall–Kier alpha value is -1.55. The van der Waals surface area contributed by atoms with Gasteiger partial charge in [0.15, 0.2) is 0 Å². The van der Waals surface area contributed by atoms with E-state index >= 15 is 0 Å². The third kappa shape index (κ3) is 2.77. The minimum Gasteiger partial charge on any atom is -0.496 e. The summed E-state index contributed by atoms with van der Waals surface area (Å²) in [6.45, 7) is 2.55. The monoisotopic (exact) mass is 234 g/mol. The van der Waals surface area contributed by atoms with Crippen molar-refractivity contribution >= 4 is 11.6 Å². The molecule has 17 heavy (non-hydrogen) atoms. The topological polar surface area (TPSA) is 50.4 Å². The predicted molar refractivity (Wildman–Crippen MR) is 67.3 cm³/mol. The van der Waals surface area contributed by atoms with Crippen LogP contribution in [0.4, 0.5) is 5.69 Å². The molecule has 1 heterocycles. The van der Waals surface area contributed by atoms with Crippen molar-refractivity contribution in [3.8, 4) is 5.75 Å². The Bertz CT molecular complexity index is 412. The Morgan fingerprint density at radius 3 is 2.94 bits per heavy atom. The van der Waals surface area contributed by atoms with E-state index in [0.717, 1.165) is 30.0 Å². The number of benzene rings is 1. The van der Waals surface area contributed by atoms with Crippen molar-refractivity contribution in [2.24, 2.45) is 0 Å². The fraction of sp³-hybridized carbons (Fsp3) is 0.462. The average molecular weight is 234 g/mol. The predicted octanol–water partition coefficient (Wildman–Crippen LogP) is 2.08. The normalized spacial score (nSPS) is 19.1. The minimum absolute atomic E-state index is 0.0551. The summed E-state index contributed by atoms with van der Waals surface area (Å²) < 4.78 is 5.37. The number of ether oxygens (including phenoxy) is 1. The van der Waals surface area contributed by atoms with Gasteiger partial charge >= 0.3 is 0 Å². The van der Waals surface area contributed by atoms with Crippen LogP contribution in [0.2, 0.25) is 0 Å². The number of rotatable bonds is 3. The summed E-state index contributed by atoms with van der Waals surface area (Å²) >= 11 is 0. The van der Waals surface area contributed by atoms with Gasteiger partial charge in [-0.3, -0.25) is 4.79 Å². The fourth-order valence-electron chi connectivity index (χ4n) is 2.24. The molecule has 1 saturated heterocycles. The van der Waals surface area contributed by atoms with Gasteiger partial charge in [-0.05, 0) is 37.6 Å². The Morgan fingerprint density at radius 1 is 1.53 bits per heavy atom. The molecule has 1 fully saturated rings. The molecule has 0 aliphatic carbocycles. The lowest BCUT2D eigenvalue weighted by Gasteiger charge is -2.16. The van der Waals surface area contributed by atoms with E-state index in [1.807, 2.05) is 18.2 Å². The van der Waals surface area contributed by atoms with Crippen LogP contribution in [0.5, 0.6) is 5.75 Å². The second-order valence-electron chi connectivity index (χ2n) is 4.29. The first kappa shape index (κ1) is 11.9. The van der Waals surface area contributed by atoms with Crippen LogP contribution >= 0.6 is 0 Å². The summed E-state index contributed by atoms with van der Waals surface area (Å²) in [6.07, 6.45) is 2.29. The van der Waals surface area contributed by atoms with E-state index in [0.29, 0.717) is 6.04 Å². The van der Waals surface area contributed by atoms with Gasteiger partial charge in [0.25, 0.3) is 0 Å². The van der Waals surface area contributed by atoms with Crippen molar-refractivity contribution in [1.82, 2.24) is 5.32 Å². The van der Waals surface area contributed by atoms with Crippen LogP contribution in [-0.4, -0.2) is 19.6 Å². The van der Waals surface area contributed by atoms with Crippen LogP contribution in [0.25, 0.3) is 0 Å². The highest BCUT2D eigenvalue weighted by molar-refractivity contribution is 5.88. The molecule has 1 aromatic rings. The van der Waals surface area contributed by atoms with E-state index in [1.165, 1.54) is 13.3 Å². The quantitative estimate of drug-likeness (QED) is 0.841. The summed E-state index contributed by atoms with van der Waals surface area (Å²) in [6, 6.07) is 6.08. The molecule has 1 atom stereocenters. The maximum atomic E-state index is 11.0. The highest BCUT2D eigenvalue weighted by atomic mass is 16.5. The number of amides is 1. The molecule has 2 N–H and O–H groups in total. The average Bonchev–Trinajstić information content (AvgIpc) is 2.81. The van der Waals surface area contributed by atoms with E-state index < -0.39 is 0 Å². The van der Waals surface area contributed by atoms with Gasteiger partial charge in [-0.1, -0.05) is 0 Å². The van der Waals surface area contributed by atoms with E-state index in [1.54, 1.807) is 7.11 Å². The van der Waals surface area contributed by atoms with Crippen LogP contribution in [-0.2, 0) is 4.79 Å². The van der Waals surface area contributed by atoms with E-state index in [4.69, 9.17) is 4.74 Å². The second-order valence-corrected chi connectivity index (χ2v) is 4.29. The van der Waals surface area contributed by atoms with Gasteiger partial charge in [-0.25, -0.2) is 0 Å². The first-order valence-corrected chi connectivity index (χ1v) is 5.89.